The van der Waals surface area contributed by atoms with Gasteiger partial charge in [-0.1, -0.05) is 13.8 Å². The zero-order valence-electron chi connectivity index (χ0n) is 15.0. The zero-order chi connectivity index (χ0) is 17.8. The van der Waals surface area contributed by atoms with E-state index in [1.165, 1.54) is 0 Å². The smallest absolute Gasteiger partial charge is 0.262 e. The molecule has 0 saturated carbocycles. The Morgan fingerprint density at radius 1 is 1.24 bits per heavy atom. The highest BCUT2D eigenvalue weighted by molar-refractivity contribution is 7.71. The monoisotopic (exact) mass is 362 g/mol. The summed E-state index contributed by atoms with van der Waals surface area (Å²) in [5.74, 6) is 0. The lowest BCUT2D eigenvalue weighted by Crippen LogP contribution is -2.36. The van der Waals surface area contributed by atoms with Gasteiger partial charge in [0.05, 0.1) is 24.1 Å². The Labute approximate surface area is 153 Å². The molecule has 0 spiro atoms. The lowest BCUT2D eigenvalue weighted by atomic mass is 10.2. The van der Waals surface area contributed by atoms with Crippen molar-refractivity contribution in [3.05, 3.63) is 33.3 Å². The number of likely N-dealkylation sites (N-methyl/N-ethyl adjacent to an activating group) is 1. The van der Waals surface area contributed by atoms with Crippen LogP contribution in [0.25, 0.3) is 10.9 Å². The van der Waals surface area contributed by atoms with Crippen LogP contribution in [0.3, 0.4) is 0 Å². The third-order valence-corrected chi connectivity index (χ3v) is 5.20. The molecule has 1 aromatic heterocycles. The van der Waals surface area contributed by atoms with Gasteiger partial charge in [-0.05, 0) is 43.5 Å². The van der Waals surface area contributed by atoms with Crippen molar-refractivity contribution in [2.75, 3.05) is 50.8 Å². The first kappa shape index (κ1) is 18.1. The molecule has 0 atom stereocenters. The van der Waals surface area contributed by atoms with E-state index in [2.05, 4.69) is 28.6 Å². The number of aromatic nitrogens is 2. The fourth-order valence-electron chi connectivity index (χ4n) is 3.24. The van der Waals surface area contributed by atoms with Crippen LogP contribution in [0, 0.1) is 4.77 Å². The maximum Gasteiger partial charge on any atom is 0.262 e. The molecule has 3 rings (SSSR count). The number of rotatable bonds is 6. The lowest BCUT2D eigenvalue weighted by Gasteiger charge is -2.29. The van der Waals surface area contributed by atoms with Crippen LogP contribution in [0.4, 0.5) is 5.69 Å². The number of fused-ring (bicyclic) bond motifs is 1. The summed E-state index contributed by atoms with van der Waals surface area (Å²) in [4.78, 5) is 20.7. The highest BCUT2D eigenvalue weighted by atomic mass is 32.1. The second kappa shape index (κ2) is 8.12. The summed E-state index contributed by atoms with van der Waals surface area (Å²) in [6, 6.07) is 5.97. The highest BCUT2D eigenvalue weighted by Crippen LogP contribution is 2.20. The van der Waals surface area contributed by atoms with Gasteiger partial charge in [0.25, 0.3) is 5.56 Å². The number of nitrogens with one attached hydrogen (secondary N) is 1. The standard InChI is InChI=1S/C18H26N4O2S/c1-3-20(4-2)7-8-22-17(23)15-13-14(21-9-11-24-12-10-21)5-6-16(15)19-18(22)25/h5-6,13H,3-4,7-12H2,1-2H3,(H,19,25). The second-order valence-electron chi connectivity index (χ2n) is 6.24. The summed E-state index contributed by atoms with van der Waals surface area (Å²) in [7, 11) is 0. The molecular weight excluding hydrogens is 336 g/mol. The largest absolute Gasteiger partial charge is 0.378 e. The van der Waals surface area contributed by atoms with Crippen LogP contribution >= 0.6 is 12.2 Å². The summed E-state index contributed by atoms with van der Waals surface area (Å²) in [6.45, 7) is 10.8. The van der Waals surface area contributed by atoms with Gasteiger partial charge in [-0.2, -0.15) is 0 Å². The van der Waals surface area contributed by atoms with Gasteiger partial charge in [-0.25, -0.2) is 0 Å². The van der Waals surface area contributed by atoms with E-state index < -0.39 is 0 Å². The molecule has 0 aliphatic carbocycles. The number of aromatic amines is 1. The molecule has 2 aromatic rings. The van der Waals surface area contributed by atoms with Crippen molar-refractivity contribution in [2.24, 2.45) is 0 Å². The van der Waals surface area contributed by atoms with Crippen LogP contribution in [0.15, 0.2) is 23.0 Å². The van der Waals surface area contributed by atoms with Crippen molar-refractivity contribution < 1.29 is 4.74 Å². The van der Waals surface area contributed by atoms with Gasteiger partial charge in [0.15, 0.2) is 4.77 Å². The first-order valence-corrected chi connectivity index (χ1v) is 9.36. The van der Waals surface area contributed by atoms with Crippen LogP contribution in [-0.4, -0.2) is 60.4 Å². The maximum absolute atomic E-state index is 13.0. The third kappa shape index (κ3) is 3.94. The van der Waals surface area contributed by atoms with Crippen LogP contribution < -0.4 is 10.5 Å². The van der Waals surface area contributed by atoms with Gasteiger partial charge in [0.1, 0.15) is 0 Å². The number of nitrogens with zero attached hydrogens (tertiary/aromatic N) is 3. The molecular formula is C18H26N4O2S. The molecule has 1 N–H and O–H groups in total. The first-order valence-electron chi connectivity index (χ1n) is 8.96. The number of benzene rings is 1. The lowest BCUT2D eigenvalue weighted by molar-refractivity contribution is 0.122. The van der Waals surface area contributed by atoms with Crippen molar-refractivity contribution in [3.63, 3.8) is 0 Å². The number of hydrogen-bond donors (Lipinski definition) is 1. The van der Waals surface area contributed by atoms with E-state index in [0.717, 1.165) is 57.1 Å². The van der Waals surface area contributed by atoms with Gasteiger partial charge in [0, 0.05) is 31.9 Å². The molecule has 0 bridgehead atoms. The summed E-state index contributed by atoms with van der Waals surface area (Å²) >= 11 is 5.41. The number of morpholine rings is 1. The maximum atomic E-state index is 13.0. The topological polar surface area (TPSA) is 53.5 Å². The van der Waals surface area contributed by atoms with Crippen molar-refractivity contribution in [3.8, 4) is 0 Å². The Bertz CT molecular complexity index is 835. The molecule has 25 heavy (non-hydrogen) atoms. The van der Waals surface area contributed by atoms with E-state index in [1.807, 2.05) is 18.2 Å². The summed E-state index contributed by atoms with van der Waals surface area (Å²) < 4.78 is 7.58. The predicted octanol–water partition coefficient (Wildman–Crippen LogP) is 2.24. The van der Waals surface area contributed by atoms with Crippen molar-refractivity contribution in [1.29, 1.82) is 0 Å². The minimum Gasteiger partial charge on any atom is -0.378 e. The van der Waals surface area contributed by atoms with Crippen LogP contribution in [0.1, 0.15) is 13.8 Å². The van der Waals surface area contributed by atoms with Crippen LogP contribution in [-0.2, 0) is 11.3 Å². The van der Waals surface area contributed by atoms with Gasteiger partial charge in [-0.15, -0.1) is 0 Å². The predicted molar refractivity (Wildman–Crippen MR) is 104 cm³/mol. The molecule has 0 amide bonds. The van der Waals surface area contributed by atoms with E-state index in [9.17, 15) is 4.79 Å². The normalized spacial score (nSPS) is 15.2. The van der Waals surface area contributed by atoms with E-state index >= 15 is 0 Å². The van der Waals surface area contributed by atoms with Gasteiger partial charge in [-0.3, -0.25) is 9.36 Å². The fourth-order valence-corrected chi connectivity index (χ4v) is 3.53. The summed E-state index contributed by atoms with van der Waals surface area (Å²) in [5, 5.41) is 0.692. The Hall–Kier alpha value is -1.70. The molecule has 1 saturated heterocycles. The second-order valence-corrected chi connectivity index (χ2v) is 6.63. The summed E-state index contributed by atoms with van der Waals surface area (Å²) in [5.41, 5.74) is 1.85. The Kier molecular flexibility index (Phi) is 5.88. The summed E-state index contributed by atoms with van der Waals surface area (Å²) in [6.07, 6.45) is 0. The average Bonchev–Trinajstić information content (AvgIpc) is 2.65. The molecule has 1 aromatic carbocycles. The molecule has 2 heterocycles. The minimum absolute atomic E-state index is 0.0129. The molecule has 1 aliphatic heterocycles. The number of anilines is 1. The number of H-pyrrole nitrogens is 1. The number of ether oxygens (including phenoxy) is 1. The Balaban J connectivity index is 1.95. The van der Waals surface area contributed by atoms with E-state index in [0.29, 0.717) is 16.7 Å². The van der Waals surface area contributed by atoms with Gasteiger partial charge in [0.2, 0.25) is 0 Å². The van der Waals surface area contributed by atoms with Crippen LogP contribution in [0.5, 0.6) is 0 Å². The molecule has 6 nitrogen and oxygen atoms in total. The Morgan fingerprint density at radius 2 is 1.96 bits per heavy atom. The highest BCUT2D eigenvalue weighted by Gasteiger charge is 2.13. The van der Waals surface area contributed by atoms with Crippen LogP contribution in [0.2, 0.25) is 0 Å². The average molecular weight is 362 g/mol. The molecule has 0 unspecified atom stereocenters. The van der Waals surface area contributed by atoms with Crippen molar-refractivity contribution in [1.82, 2.24) is 14.5 Å². The van der Waals surface area contributed by atoms with Gasteiger partial charge < -0.3 is 19.5 Å². The van der Waals surface area contributed by atoms with Crippen molar-refractivity contribution >= 4 is 28.8 Å². The zero-order valence-corrected chi connectivity index (χ0v) is 15.8. The van der Waals surface area contributed by atoms with E-state index in [1.54, 1.807) is 4.57 Å². The van der Waals surface area contributed by atoms with E-state index in [4.69, 9.17) is 17.0 Å². The SMILES string of the molecule is CCN(CC)CCn1c(=S)[nH]c2ccc(N3CCOCC3)cc2c1=O. The first-order chi connectivity index (χ1) is 12.1. The third-order valence-electron chi connectivity index (χ3n) is 4.88. The molecule has 1 aliphatic rings. The molecule has 136 valence electrons. The molecule has 7 heteroatoms. The Morgan fingerprint density at radius 3 is 2.64 bits per heavy atom. The number of hydrogen-bond acceptors (Lipinski definition) is 5. The van der Waals surface area contributed by atoms with Crippen molar-refractivity contribution in [2.45, 2.75) is 20.4 Å². The minimum atomic E-state index is -0.0129. The molecule has 0 radical (unpaired) electrons. The fraction of sp³-hybridized carbons (Fsp3) is 0.556. The molecule has 1 fully saturated rings. The van der Waals surface area contributed by atoms with Gasteiger partial charge >= 0.3 is 0 Å². The quantitative estimate of drug-likeness (QED) is 0.799. The van der Waals surface area contributed by atoms with E-state index in [-0.39, 0.29) is 5.56 Å².